The van der Waals surface area contributed by atoms with E-state index in [1.54, 1.807) is 11.2 Å². The van der Waals surface area contributed by atoms with E-state index in [4.69, 9.17) is 21.1 Å². The zero-order valence-corrected chi connectivity index (χ0v) is 18.4. The zero-order valence-electron chi connectivity index (χ0n) is 17.6. The van der Waals surface area contributed by atoms with Crippen LogP contribution < -0.4 is 0 Å². The molecule has 2 aromatic heterocycles. The summed E-state index contributed by atoms with van der Waals surface area (Å²) in [6, 6.07) is 5.46. The first-order chi connectivity index (χ1) is 15.7. The molecule has 166 valence electrons. The zero-order chi connectivity index (χ0) is 22.1. The number of carbonyl (C=O) groups excluding carboxylic acids is 1. The summed E-state index contributed by atoms with van der Waals surface area (Å²) in [5.41, 5.74) is 3.80. The van der Waals surface area contributed by atoms with Crippen LogP contribution in [0.2, 0.25) is 5.02 Å². The number of hydrogen-bond donors (Lipinski definition) is 0. The number of rotatable bonds is 4. The van der Waals surface area contributed by atoms with Crippen LogP contribution in [-0.4, -0.2) is 56.7 Å². The van der Waals surface area contributed by atoms with Gasteiger partial charge in [-0.1, -0.05) is 18.2 Å². The van der Waals surface area contributed by atoms with Crippen molar-refractivity contribution in [3.05, 3.63) is 54.1 Å². The smallest absolute Gasteiger partial charge is 0.246 e. The molecule has 0 radical (unpaired) electrons. The number of morpholine rings is 1. The minimum Gasteiger partial charge on any atom is -0.377 e. The van der Waals surface area contributed by atoms with Gasteiger partial charge < -0.3 is 14.4 Å². The number of amides is 1. The molecule has 0 aliphatic carbocycles. The minimum atomic E-state index is -0.253. The Morgan fingerprint density at radius 1 is 1.19 bits per heavy atom. The molecule has 2 aliphatic heterocycles. The fourth-order valence-electron chi connectivity index (χ4n) is 4.42. The Morgan fingerprint density at radius 2 is 2.09 bits per heavy atom. The van der Waals surface area contributed by atoms with Gasteiger partial charge in [-0.3, -0.25) is 9.36 Å². The summed E-state index contributed by atoms with van der Waals surface area (Å²) in [7, 11) is 0. The lowest BCUT2D eigenvalue weighted by Crippen LogP contribution is -2.42. The van der Waals surface area contributed by atoms with Crippen molar-refractivity contribution in [1.82, 2.24) is 24.4 Å². The van der Waals surface area contributed by atoms with Crippen molar-refractivity contribution in [2.24, 2.45) is 0 Å². The van der Waals surface area contributed by atoms with Crippen molar-refractivity contribution in [1.29, 1.82) is 0 Å². The summed E-state index contributed by atoms with van der Waals surface area (Å²) in [5, 5.41) is 0.552. The number of carbonyl (C=O) groups is 1. The predicted octanol–water partition coefficient (Wildman–Crippen LogP) is 3.93. The molecule has 1 amide bonds. The van der Waals surface area contributed by atoms with Crippen molar-refractivity contribution >= 4 is 28.7 Å². The van der Waals surface area contributed by atoms with E-state index < -0.39 is 0 Å². The van der Waals surface area contributed by atoms with Gasteiger partial charge in [0.05, 0.1) is 25.6 Å². The van der Waals surface area contributed by atoms with Gasteiger partial charge in [0.25, 0.3) is 0 Å². The van der Waals surface area contributed by atoms with Crippen LogP contribution in [0.5, 0.6) is 0 Å². The van der Waals surface area contributed by atoms with Crippen LogP contribution in [0, 0.1) is 0 Å². The maximum atomic E-state index is 12.4. The monoisotopic (exact) mass is 453 g/mol. The first kappa shape index (κ1) is 21.1. The number of benzene rings is 1. The van der Waals surface area contributed by atoms with E-state index in [9.17, 15) is 4.79 Å². The lowest BCUT2D eigenvalue weighted by Gasteiger charge is -2.35. The number of nitrogens with zero attached hydrogens (tertiary/aromatic N) is 5. The summed E-state index contributed by atoms with van der Waals surface area (Å²) in [6.45, 7) is 5.76. The number of halogens is 1. The largest absolute Gasteiger partial charge is 0.377 e. The lowest BCUT2D eigenvalue weighted by atomic mass is 10.00. The molecule has 5 rings (SSSR count). The Morgan fingerprint density at radius 3 is 2.91 bits per heavy atom. The lowest BCUT2D eigenvalue weighted by molar-refractivity contribution is -0.134. The summed E-state index contributed by atoms with van der Waals surface area (Å²) in [6.07, 6.45) is 7.69. The van der Waals surface area contributed by atoms with Gasteiger partial charge in [-0.05, 0) is 49.1 Å². The molecule has 0 N–H and O–H groups in total. The summed E-state index contributed by atoms with van der Waals surface area (Å²) in [4.78, 5) is 27.8. The van der Waals surface area contributed by atoms with Gasteiger partial charge in [-0.15, -0.1) is 0 Å². The number of aromatic nitrogens is 4. The molecule has 9 heteroatoms. The van der Waals surface area contributed by atoms with Gasteiger partial charge in [-0.2, -0.15) is 0 Å². The van der Waals surface area contributed by atoms with E-state index in [0.29, 0.717) is 36.0 Å². The molecule has 2 atom stereocenters. The number of fused-ring (bicyclic) bond motifs is 1. The molecule has 1 aromatic carbocycles. The second-order valence-electron chi connectivity index (χ2n) is 7.97. The molecular formula is C23H24ClN5O3. The van der Waals surface area contributed by atoms with Crippen LogP contribution in [0.4, 0.5) is 0 Å². The van der Waals surface area contributed by atoms with Crippen molar-refractivity contribution in [2.75, 3.05) is 26.4 Å². The molecule has 3 aromatic rings. The van der Waals surface area contributed by atoms with Gasteiger partial charge in [0.15, 0.2) is 5.65 Å². The maximum absolute atomic E-state index is 12.4. The fraction of sp³-hybridized carbons (Fsp3) is 0.391. The van der Waals surface area contributed by atoms with Crippen LogP contribution in [0.15, 0.2) is 43.5 Å². The topological polar surface area (TPSA) is 82.4 Å². The average Bonchev–Trinajstić information content (AvgIpc) is 3.28. The molecule has 0 saturated carbocycles. The highest BCUT2D eigenvalue weighted by Crippen LogP contribution is 2.34. The Bertz CT molecular complexity index is 1160. The van der Waals surface area contributed by atoms with Crippen molar-refractivity contribution in [2.45, 2.75) is 31.5 Å². The van der Waals surface area contributed by atoms with Crippen LogP contribution in [0.25, 0.3) is 22.4 Å². The number of hydrogen-bond acceptors (Lipinski definition) is 6. The molecule has 0 spiro atoms. The molecule has 2 fully saturated rings. The normalized spacial score (nSPS) is 21.6. The average molecular weight is 454 g/mol. The third kappa shape index (κ3) is 3.90. The van der Waals surface area contributed by atoms with Gasteiger partial charge in [-0.25, -0.2) is 15.0 Å². The van der Waals surface area contributed by atoms with Gasteiger partial charge in [0.1, 0.15) is 23.8 Å². The van der Waals surface area contributed by atoms with Crippen molar-refractivity contribution in [3.63, 3.8) is 0 Å². The Kier molecular flexibility index (Phi) is 5.91. The molecule has 4 heterocycles. The van der Waals surface area contributed by atoms with E-state index in [2.05, 4.69) is 21.5 Å². The fourth-order valence-corrected chi connectivity index (χ4v) is 4.66. The highest BCUT2D eigenvalue weighted by atomic mass is 35.5. The van der Waals surface area contributed by atoms with E-state index in [1.807, 2.05) is 22.8 Å². The van der Waals surface area contributed by atoms with Crippen LogP contribution in [0.3, 0.4) is 0 Å². The molecule has 0 bridgehead atoms. The molecule has 32 heavy (non-hydrogen) atoms. The SMILES string of the molecule is C=CC(=O)N1CCOC[C@H]1c1cc(Cl)cc(-c2ncnc3c2ncn3C2CCCCO2)c1. The standard InChI is InChI=1S/C23H24ClN5O3/c1-2-19(30)28-6-8-31-12-18(28)15-9-16(11-17(24)10-15)21-22-23(26-13-25-21)29(14-27-22)20-5-3-4-7-32-20/h2,9-11,13-14,18,20H,1,3-8,12H2/t18-,20?/m0/s1. The van der Waals surface area contributed by atoms with E-state index in [0.717, 1.165) is 42.6 Å². The molecule has 2 aliphatic rings. The third-order valence-electron chi connectivity index (χ3n) is 5.99. The van der Waals surface area contributed by atoms with Crippen LogP contribution >= 0.6 is 11.6 Å². The van der Waals surface area contributed by atoms with E-state index in [-0.39, 0.29) is 18.2 Å². The van der Waals surface area contributed by atoms with Crippen molar-refractivity contribution < 1.29 is 14.3 Å². The van der Waals surface area contributed by atoms with E-state index >= 15 is 0 Å². The first-order valence-electron chi connectivity index (χ1n) is 10.8. The predicted molar refractivity (Wildman–Crippen MR) is 120 cm³/mol. The molecule has 2 saturated heterocycles. The second kappa shape index (κ2) is 8.97. The number of imidazole rings is 1. The molecular weight excluding hydrogens is 430 g/mol. The Labute approximate surface area is 190 Å². The first-order valence-corrected chi connectivity index (χ1v) is 11.1. The minimum absolute atomic E-state index is 0.0655. The Hall–Kier alpha value is -2.81. The summed E-state index contributed by atoms with van der Waals surface area (Å²) >= 11 is 6.50. The summed E-state index contributed by atoms with van der Waals surface area (Å²) < 4.78 is 13.6. The molecule has 1 unspecified atom stereocenters. The summed E-state index contributed by atoms with van der Waals surface area (Å²) in [5.74, 6) is -0.129. The second-order valence-corrected chi connectivity index (χ2v) is 8.40. The van der Waals surface area contributed by atoms with Gasteiger partial charge >= 0.3 is 0 Å². The van der Waals surface area contributed by atoms with Gasteiger partial charge in [0, 0.05) is 23.7 Å². The molecule has 8 nitrogen and oxygen atoms in total. The highest BCUT2D eigenvalue weighted by molar-refractivity contribution is 6.31. The number of ether oxygens (including phenoxy) is 2. The highest BCUT2D eigenvalue weighted by Gasteiger charge is 2.28. The third-order valence-corrected chi connectivity index (χ3v) is 6.21. The van der Waals surface area contributed by atoms with E-state index in [1.165, 1.54) is 12.4 Å². The van der Waals surface area contributed by atoms with Crippen LogP contribution in [-0.2, 0) is 14.3 Å². The van der Waals surface area contributed by atoms with Crippen LogP contribution in [0.1, 0.15) is 37.1 Å². The Balaban J connectivity index is 1.55. The van der Waals surface area contributed by atoms with Gasteiger partial charge in [0.2, 0.25) is 5.91 Å². The maximum Gasteiger partial charge on any atom is 0.246 e. The quantitative estimate of drug-likeness (QED) is 0.556. The van der Waals surface area contributed by atoms with Crippen molar-refractivity contribution in [3.8, 4) is 11.3 Å².